The molecule has 2 atom stereocenters. The summed E-state index contributed by atoms with van der Waals surface area (Å²) in [6.45, 7) is 5.59. The predicted molar refractivity (Wildman–Crippen MR) is 138 cm³/mol. The first-order valence-electron chi connectivity index (χ1n) is 10.6. The minimum atomic E-state index is -0.884. The number of fused-ring (bicyclic) bond motifs is 1. The van der Waals surface area contributed by atoms with Crippen LogP contribution in [0, 0.1) is 0 Å². The van der Waals surface area contributed by atoms with E-state index in [9.17, 15) is 9.59 Å². The predicted octanol–water partition coefficient (Wildman–Crippen LogP) is 5.27. The molecule has 8 nitrogen and oxygen atoms in total. The summed E-state index contributed by atoms with van der Waals surface area (Å²) >= 11 is 6.87. The number of nitrogens with zero attached hydrogens (tertiary/aromatic N) is 3. The molecular formula is C24H25Br2N3O5. The second-order valence-corrected chi connectivity index (χ2v) is 9.44. The molecule has 0 fully saturated rings. The molecule has 0 radical (unpaired) electrons. The van der Waals surface area contributed by atoms with Gasteiger partial charge in [-0.3, -0.25) is 4.79 Å². The second-order valence-electron chi connectivity index (χ2n) is 7.61. The molecule has 10 heteroatoms. The number of carbonyl (C=O) groups is 1. The zero-order chi connectivity index (χ0) is 25.0. The molecule has 0 aliphatic rings. The Morgan fingerprint density at radius 1 is 1.18 bits per heavy atom. The van der Waals surface area contributed by atoms with Crippen LogP contribution in [-0.2, 0) is 9.53 Å². The van der Waals surface area contributed by atoms with E-state index in [4.69, 9.17) is 19.2 Å². The smallest absolute Gasteiger partial charge is 0.346 e. The normalized spacial score (nSPS) is 13.1. The van der Waals surface area contributed by atoms with Gasteiger partial charge in [0.2, 0.25) is 0 Å². The molecule has 180 valence electrons. The fourth-order valence-corrected chi connectivity index (χ4v) is 4.07. The number of aromatic nitrogens is 2. The summed E-state index contributed by atoms with van der Waals surface area (Å²) in [7, 11) is 2.78. The number of ether oxygens (including phenoxy) is 3. The van der Waals surface area contributed by atoms with Gasteiger partial charge in [0.1, 0.15) is 5.82 Å². The SMILES string of the molecule is CC[C@H](C)c1nc2ccc(Br)cc2c(=O)n1N=Cc1cc(Br)cc(OC)c1O[C@H](C)C(=O)OC. The standard InChI is InChI=1S/C24H25Br2N3O5/c1-6-13(2)22-28-19-8-7-16(25)10-18(19)23(30)29(22)27-12-15-9-17(26)11-20(32-4)21(15)34-14(3)24(31)33-5/h7-14H,6H2,1-5H3/t13-,14+/m0/s1. The number of esters is 1. The largest absolute Gasteiger partial charge is 0.493 e. The molecule has 3 aromatic rings. The molecule has 0 N–H and O–H groups in total. The van der Waals surface area contributed by atoms with Crippen LogP contribution in [0.2, 0.25) is 0 Å². The highest BCUT2D eigenvalue weighted by Gasteiger charge is 2.21. The van der Waals surface area contributed by atoms with Crippen LogP contribution in [0.4, 0.5) is 0 Å². The fourth-order valence-electron chi connectivity index (χ4n) is 3.25. The zero-order valence-electron chi connectivity index (χ0n) is 19.5. The molecule has 3 rings (SSSR count). The van der Waals surface area contributed by atoms with E-state index >= 15 is 0 Å². The highest BCUT2D eigenvalue weighted by molar-refractivity contribution is 9.10. The summed E-state index contributed by atoms with van der Waals surface area (Å²) in [4.78, 5) is 30.0. The third-order valence-electron chi connectivity index (χ3n) is 5.29. The Morgan fingerprint density at radius 2 is 1.91 bits per heavy atom. The lowest BCUT2D eigenvalue weighted by molar-refractivity contribution is -0.147. The van der Waals surface area contributed by atoms with E-state index in [1.54, 1.807) is 31.2 Å². The average molecular weight is 595 g/mol. The molecule has 0 saturated carbocycles. The number of benzene rings is 2. The van der Waals surface area contributed by atoms with Gasteiger partial charge in [-0.2, -0.15) is 9.78 Å². The van der Waals surface area contributed by atoms with Crippen LogP contribution in [0.3, 0.4) is 0 Å². The third-order valence-corrected chi connectivity index (χ3v) is 6.25. The minimum Gasteiger partial charge on any atom is -0.493 e. The first-order valence-corrected chi connectivity index (χ1v) is 12.2. The lowest BCUT2D eigenvalue weighted by atomic mass is 10.1. The molecule has 0 spiro atoms. The van der Waals surface area contributed by atoms with Crippen molar-refractivity contribution in [2.24, 2.45) is 5.10 Å². The van der Waals surface area contributed by atoms with Gasteiger partial charge in [-0.1, -0.05) is 45.7 Å². The van der Waals surface area contributed by atoms with Crippen molar-refractivity contribution in [3.63, 3.8) is 0 Å². The quantitative estimate of drug-likeness (QED) is 0.261. The molecule has 0 unspecified atom stereocenters. The van der Waals surface area contributed by atoms with Crippen LogP contribution in [-0.4, -0.2) is 42.2 Å². The molecule has 1 aromatic heterocycles. The Kier molecular flexibility index (Phi) is 8.48. The molecular weight excluding hydrogens is 570 g/mol. The van der Waals surface area contributed by atoms with E-state index in [2.05, 4.69) is 37.0 Å². The molecule has 0 amide bonds. The van der Waals surface area contributed by atoms with Gasteiger partial charge in [-0.15, -0.1) is 0 Å². The first-order chi connectivity index (χ1) is 16.2. The van der Waals surface area contributed by atoms with Gasteiger partial charge in [0.15, 0.2) is 17.6 Å². The topological polar surface area (TPSA) is 92.0 Å². The summed E-state index contributed by atoms with van der Waals surface area (Å²) < 4.78 is 18.9. The number of hydrogen-bond donors (Lipinski definition) is 0. The highest BCUT2D eigenvalue weighted by Crippen LogP contribution is 2.35. The summed E-state index contributed by atoms with van der Waals surface area (Å²) in [6, 6.07) is 8.85. The van der Waals surface area contributed by atoms with Crippen LogP contribution in [0.1, 0.15) is 44.5 Å². The van der Waals surface area contributed by atoms with Gasteiger partial charge in [-0.25, -0.2) is 9.78 Å². The minimum absolute atomic E-state index is 0.00925. The highest BCUT2D eigenvalue weighted by atomic mass is 79.9. The van der Waals surface area contributed by atoms with Crippen LogP contribution < -0.4 is 15.0 Å². The number of hydrogen-bond acceptors (Lipinski definition) is 7. The number of rotatable bonds is 8. The van der Waals surface area contributed by atoms with Crippen molar-refractivity contribution in [1.29, 1.82) is 0 Å². The van der Waals surface area contributed by atoms with Gasteiger partial charge in [-0.05, 0) is 43.7 Å². The first kappa shape index (κ1) is 25.9. The maximum Gasteiger partial charge on any atom is 0.346 e. The monoisotopic (exact) mass is 593 g/mol. The maximum absolute atomic E-state index is 13.4. The van der Waals surface area contributed by atoms with E-state index < -0.39 is 12.1 Å². The van der Waals surface area contributed by atoms with Gasteiger partial charge >= 0.3 is 5.97 Å². The third kappa shape index (κ3) is 5.50. The van der Waals surface area contributed by atoms with Crippen LogP contribution in [0.25, 0.3) is 10.9 Å². The van der Waals surface area contributed by atoms with Crippen LogP contribution in [0.5, 0.6) is 11.5 Å². The molecule has 2 aromatic carbocycles. The summed E-state index contributed by atoms with van der Waals surface area (Å²) in [5.41, 5.74) is 0.818. The lowest BCUT2D eigenvalue weighted by Gasteiger charge is -2.18. The Labute approximate surface area is 214 Å². The molecule has 34 heavy (non-hydrogen) atoms. The lowest BCUT2D eigenvalue weighted by Crippen LogP contribution is -2.26. The molecule has 0 aliphatic carbocycles. The van der Waals surface area contributed by atoms with Crippen molar-refractivity contribution in [2.45, 2.75) is 39.2 Å². The van der Waals surface area contributed by atoms with E-state index in [-0.39, 0.29) is 11.5 Å². The Hall–Kier alpha value is -2.72. The maximum atomic E-state index is 13.4. The molecule has 0 aliphatic heterocycles. The number of halogens is 2. The number of carbonyl (C=O) groups excluding carboxylic acids is 1. The Balaban J connectivity index is 2.19. The number of methoxy groups -OCH3 is 2. The molecule has 0 bridgehead atoms. The Bertz CT molecular complexity index is 1310. The van der Waals surface area contributed by atoms with Crippen molar-refractivity contribution >= 4 is 54.9 Å². The fraction of sp³-hybridized carbons (Fsp3) is 0.333. The molecule has 0 saturated heterocycles. The zero-order valence-corrected chi connectivity index (χ0v) is 22.6. The Morgan fingerprint density at radius 3 is 2.56 bits per heavy atom. The summed E-state index contributed by atoms with van der Waals surface area (Å²) in [5.74, 6) is 0.687. The van der Waals surface area contributed by atoms with Gasteiger partial charge < -0.3 is 14.2 Å². The second kappa shape index (κ2) is 11.1. The summed E-state index contributed by atoms with van der Waals surface area (Å²) in [6.07, 6.45) is 1.38. The van der Waals surface area contributed by atoms with Crippen LogP contribution in [0.15, 0.2) is 49.2 Å². The molecule has 1 heterocycles. The van der Waals surface area contributed by atoms with Crippen molar-refractivity contribution in [2.75, 3.05) is 14.2 Å². The van der Waals surface area contributed by atoms with Gasteiger partial charge in [0.05, 0.1) is 31.3 Å². The van der Waals surface area contributed by atoms with Gasteiger partial charge in [0.25, 0.3) is 5.56 Å². The van der Waals surface area contributed by atoms with E-state index in [1.807, 2.05) is 19.9 Å². The van der Waals surface area contributed by atoms with Gasteiger partial charge in [0, 0.05) is 20.4 Å². The van der Waals surface area contributed by atoms with E-state index in [0.717, 1.165) is 10.9 Å². The summed E-state index contributed by atoms with van der Waals surface area (Å²) in [5, 5.41) is 4.95. The van der Waals surface area contributed by atoms with E-state index in [1.165, 1.54) is 25.1 Å². The van der Waals surface area contributed by atoms with Crippen molar-refractivity contribution in [3.05, 3.63) is 61.0 Å². The van der Waals surface area contributed by atoms with E-state index in [0.29, 0.717) is 38.3 Å². The van der Waals surface area contributed by atoms with Crippen molar-refractivity contribution in [1.82, 2.24) is 9.66 Å². The average Bonchev–Trinajstić information content (AvgIpc) is 2.83. The van der Waals surface area contributed by atoms with Crippen LogP contribution >= 0.6 is 31.9 Å². The van der Waals surface area contributed by atoms with Crippen molar-refractivity contribution in [3.8, 4) is 11.5 Å². The van der Waals surface area contributed by atoms with Crippen molar-refractivity contribution < 1.29 is 19.0 Å².